The van der Waals surface area contributed by atoms with Crippen molar-refractivity contribution < 1.29 is 9.53 Å². The van der Waals surface area contributed by atoms with Crippen molar-refractivity contribution in [2.75, 3.05) is 13.2 Å². The number of hydrogen-bond acceptors (Lipinski definition) is 4. The van der Waals surface area contributed by atoms with Gasteiger partial charge in [0.15, 0.2) is 0 Å². The molecule has 0 aromatic heterocycles. The second kappa shape index (κ2) is 8.32. The fourth-order valence-electron chi connectivity index (χ4n) is 3.32. The van der Waals surface area contributed by atoms with Gasteiger partial charge in [0.25, 0.3) is 0 Å². The van der Waals surface area contributed by atoms with Crippen LogP contribution in [0.1, 0.15) is 26.7 Å². The molecule has 1 aliphatic rings. The Hall–Kier alpha value is -2.11. The molecule has 0 spiro atoms. The zero-order chi connectivity index (χ0) is 17.6. The van der Waals surface area contributed by atoms with Crippen molar-refractivity contribution in [2.45, 2.75) is 38.8 Å². The van der Waals surface area contributed by atoms with Gasteiger partial charge in [0, 0.05) is 36.4 Å². The molecule has 5 nitrogen and oxygen atoms in total. The summed E-state index contributed by atoms with van der Waals surface area (Å²) in [5.41, 5.74) is 6.41. The van der Waals surface area contributed by atoms with Crippen LogP contribution in [0.25, 0.3) is 10.8 Å². The number of hydrogen-bond donors (Lipinski definition) is 3. The monoisotopic (exact) mass is 341 g/mol. The minimum Gasteiger partial charge on any atom is -0.493 e. The summed E-state index contributed by atoms with van der Waals surface area (Å²) in [6.45, 7) is 5.50. The number of hydrazine groups is 1. The zero-order valence-corrected chi connectivity index (χ0v) is 14.9. The average molecular weight is 341 g/mol. The van der Waals surface area contributed by atoms with Crippen LogP contribution >= 0.6 is 0 Å². The van der Waals surface area contributed by atoms with E-state index in [1.807, 2.05) is 24.3 Å². The standard InChI is InChI=1S/C20H27N3O2/c1-14-18(15(2)23-22-14)13-21-20(24)11-6-12-25-19-10-5-8-16-7-3-4-9-17(16)19/h3-5,7-10,14-15,18,22-23H,6,11-13H2,1-2H3,(H,21,24). The molecule has 2 aromatic rings. The Bertz CT molecular complexity index is 704. The number of benzene rings is 2. The Kier molecular flexibility index (Phi) is 5.89. The first kappa shape index (κ1) is 17.7. The molecule has 2 unspecified atom stereocenters. The fraction of sp³-hybridized carbons (Fsp3) is 0.450. The molecule has 0 saturated carbocycles. The van der Waals surface area contributed by atoms with Gasteiger partial charge in [0.2, 0.25) is 5.91 Å². The topological polar surface area (TPSA) is 62.4 Å². The highest BCUT2D eigenvalue weighted by Gasteiger charge is 2.29. The lowest BCUT2D eigenvalue weighted by Gasteiger charge is -2.18. The largest absolute Gasteiger partial charge is 0.493 e. The molecule has 1 heterocycles. The van der Waals surface area contributed by atoms with Gasteiger partial charge in [0.1, 0.15) is 5.75 Å². The number of fused-ring (bicyclic) bond motifs is 1. The third-order valence-electron chi connectivity index (χ3n) is 4.91. The van der Waals surface area contributed by atoms with E-state index in [1.54, 1.807) is 0 Å². The van der Waals surface area contributed by atoms with Crippen LogP contribution in [0.15, 0.2) is 42.5 Å². The van der Waals surface area contributed by atoms with Crippen molar-refractivity contribution in [1.82, 2.24) is 16.2 Å². The van der Waals surface area contributed by atoms with E-state index in [2.05, 4.69) is 48.2 Å². The van der Waals surface area contributed by atoms with Crippen molar-refractivity contribution in [1.29, 1.82) is 0 Å². The quantitative estimate of drug-likeness (QED) is 0.678. The van der Waals surface area contributed by atoms with Gasteiger partial charge in [-0.25, -0.2) is 0 Å². The molecule has 0 radical (unpaired) electrons. The van der Waals surface area contributed by atoms with Crippen molar-refractivity contribution in [3.05, 3.63) is 42.5 Å². The molecule has 1 saturated heterocycles. The van der Waals surface area contributed by atoms with Gasteiger partial charge in [-0.3, -0.25) is 15.6 Å². The Balaban J connectivity index is 1.40. The Morgan fingerprint density at radius 1 is 1.08 bits per heavy atom. The summed E-state index contributed by atoms with van der Waals surface area (Å²) in [4.78, 5) is 12.0. The van der Waals surface area contributed by atoms with Gasteiger partial charge in [-0.15, -0.1) is 0 Å². The van der Waals surface area contributed by atoms with E-state index in [4.69, 9.17) is 4.74 Å². The molecule has 5 heteroatoms. The van der Waals surface area contributed by atoms with Crippen LogP contribution in [-0.4, -0.2) is 31.1 Å². The highest BCUT2D eigenvalue weighted by atomic mass is 16.5. The van der Waals surface area contributed by atoms with E-state index in [0.717, 1.165) is 11.1 Å². The maximum absolute atomic E-state index is 12.0. The zero-order valence-electron chi connectivity index (χ0n) is 14.9. The maximum Gasteiger partial charge on any atom is 0.220 e. The second-order valence-corrected chi connectivity index (χ2v) is 6.76. The predicted molar refractivity (Wildman–Crippen MR) is 100 cm³/mol. The van der Waals surface area contributed by atoms with Gasteiger partial charge >= 0.3 is 0 Å². The van der Waals surface area contributed by atoms with Crippen LogP contribution < -0.4 is 20.9 Å². The molecule has 2 atom stereocenters. The van der Waals surface area contributed by atoms with Crippen LogP contribution in [0.3, 0.4) is 0 Å². The van der Waals surface area contributed by atoms with Crippen LogP contribution in [-0.2, 0) is 4.79 Å². The lowest BCUT2D eigenvalue weighted by molar-refractivity contribution is -0.121. The minimum atomic E-state index is 0.0906. The lowest BCUT2D eigenvalue weighted by Crippen LogP contribution is -2.37. The van der Waals surface area contributed by atoms with E-state index >= 15 is 0 Å². The Labute approximate surface area is 149 Å². The predicted octanol–water partition coefficient (Wildman–Crippen LogP) is 2.62. The summed E-state index contributed by atoms with van der Waals surface area (Å²) in [6.07, 6.45) is 1.20. The first-order valence-electron chi connectivity index (χ1n) is 9.03. The van der Waals surface area contributed by atoms with Crippen LogP contribution in [0.4, 0.5) is 0 Å². The van der Waals surface area contributed by atoms with Gasteiger partial charge < -0.3 is 10.1 Å². The van der Waals surface area contributed by atoms with Crippen molar-refractivity contribution >= 4 is 16.7 Å². The van der Waals surface area contributed by atoms with Crippen LogP contribution in [0.2, 0.25) is 0 Å². The SMILES string of the molecule is CC1NNC(C)C1CNC(=O)CCCOc1cccc2ccccc12. The average Bonchev–Trinajstić information content (AvgIpc) is 2.95. The highest BCUT2D eigenvalue weighted by Crippen LogP contribution is 2.25. The van der Waals surface area contributed by atoms with E-state index in [0.29, 0.717) is 44.0 Å². The molecule has 1 amide bonds. The molecule has 1 aliphatic heterocycles. The molecule has 134 valence electrons. The first-order valence-corrected chi connectivity index (χ1v) is 9.03. The second-order valence-electron chi connectivity index (χ2n) is 6.76. The van der Waals surface area contributed by atoms with E-state index in [9.17, 15) is 4.79 Å². The lowest BCUT2D eigenvalue weighted by atomic mass is 9.97. The molecule has 1 fully saturated rings. The maximum atomic E-state index is 12.0. The summed E-state index contributed by atoms with van der Waals surface area (Å²) in [5, 5.41) is 5.32. The van der Waals surface area contributed by atoms with Gasteiger partial charge in [-0.2, -0.15) is 0 Å². The van der Waals surface area contributed by atoms with Crippen molar-refractivity contribution in [3.63, 3.8) is 0 Å². The number of carbonyl (C=O) groups excluding carboxylic acids is 1. The van der Waals surface area contributed by atoms with Crippen molar-refractivity contribution in [2.24, 2.45) is 5.92 Å². The number of rotatable bonds is 7. The summed E-state index contributed by atoms with van der Waals surface area (Å²) < 4.78 is 5.88. The summed E-state index contributed by atoms with van der Waals surface area (Å²) in [7, 11) is 0. The van der Waals surface area contributed by atoms with Crippen LogP contribution in [0, 0.1) is 5.92 Å². The van der Waals surface area contributed by atoms with Gasteiger partial charge in [-0.05, 0) is 31.7 Å². The third-order valence-corrected chi connectivity index (χ3v) is 4.91. The molecule has 25 heavy (non-hydrogen) atoms. The first-order chi connectivity index (χ1) is 12.1. The minimum absolute atomic E-state index is 0.0906. The molecule has 2 aromatic carbocycles. The summed E-state index contributed by atoms with van der Waals surface area (Å²) >= 11 is 0. The number of nitrogens with one attached hydrogen (secondary N) is 3. The fourth-order valence-corrected chi connectivity index (χ4v) is 3.32. The number of amides is 1. The smallest absolute Gasteiger partial charge is 0.220 e. The number of ether oxygens (including phenoxy) is 1. The highest BCUT2D eigenvalue weighted by molar-refractivity contribution is 5.88. The van der Waals surface area contributed by atoms with E-state index < -0.39 is 0 Å². The van der Waals surface area contributed by atoms with Gasteiger partial charge in [-0.1, -0.05) is 36.4 Å². The van der Waals surface area contributed by atoms with E-state index in [-0.39, 0.29) is 5.91 Å². The van der Waals surface area contributed by atoms with Crippen LogP contribution in [0.5, 0.6) is 5.75 Å². The molecule has 0 bridgehead atoms. The summed E-state index contributed by atoms with van der Waals surface area (Å²) in [5.74, 6) is 1.38. The number of carbonyl (C=O) groups is 1. The Morgan fingerprint density at radius 3 is 2.60 bits per heavy atom. The molecule has 3 rings (SSSR count). The molecular formula is C20H27N3O2. The summed E-state index contributed by atoms with van der Waals surface area (Å²) in [6, 6.07) is 14.9. The molecule has 3 N–H and O–H groups in total. The van der Waals surface area contributed by atoms with Gasteiger partial charge in [0.05, 0.1) is 6.61 Å². The molecular weight excluding hydrogens is 314 g/mol. The third kappa shape index (κ3) is 4.50. The van der Waals surface area contributed by atoms with Crippen molar-refractivity contribution in [3.8, 4) is 5.75 Å². The molecule has 0 aliphatic carbocycles. The normalized spacial score (nSPS) is 22.9. The van der Waals surface area contributed by atoms with E-state index in [1.165, 1.54) is 5.39 Å². The Morgan fingerprint density at radius 2 is 1.80 bits per heavy atom.